The van der Waals surface area contributed by atoms with Gasteiger partial charge in [0, 0.05) is 25.6 Å². The van der Waals surface area contributed by atoms with E-state index >= 15 is 0 Å². The molecule has 21 heavy (non-hydrogen) atoms. The molecule has 0 aliphatic carbocycles. The Kier molecular flexibility index (Phi) is 6.86. The van der Waals surface area contributed by atoms with Crippen molar-refractivity contribution in [3.05, 3.63) is 33.3 Å². The van der Waals surface area contributed by atoms with E-state index < -0.39 is 0 Å². The smallest absolute Gasteiger partial charge is 0.150 e. The van der Waals surface area contributed by atoms with Gasteiger partial charge in [-0.15, -0.1) is 10.2 Å². The third-order valence-corrected chi connectivity index (χ3v) is 4.50. The van der Waals surface area contributed by atoms with Crippen molar-refractivity contribution >= 4 is 34.5 Å². The van der Waals surface area contributed by atoms with E-state index in [0.29, 0.717) is 10.0 Å². The molecule has 0 atom stereocenters. The molecule has 114 valence electrons. The molecule has 0 spiro atoms. The van der Waals surface area contributed by atoms with Crippen molar-refractivity contribution in [1.82, 2.24) is 15.5 Å². The summed E-state index contributed by atoms with van der Waals surface area (Å²) in [5.41, 5.74) is 0.766. The van der Waals surface area contributed by atoms with Crippen molar-refractivity contribution in [2.24, 2.45) is 0 Å². The second-order valence-corrected chi connectivity index (χ2v) is 6.32. The minimum absolute atomic E-state index is 0.603. The first-order chi connectivity index (χ1) is 10.2. The van der Waals surface area contributed by atoms with E-state index in [0.717, 1.165) is 48.1 Å². The zero-order valence-corrected chi connectivity index (χ0v) is 14.1. The van der Waals surface area contributed by atoms with Gasteiger partial charge in [0.2, 0.25) is 0 Å². The van der Waals surface area contributed by atoms with Crippen molar-refractivity contribution in [1.29, 1.82) is 0 Å². The molecule has 1 aromatic carbocycles. The molecular formula is C14H17Cl2N3OS. The molecule has 0 aliphatic rings. The van der Waals surface area contributed by atoms with Crippen molar-refractivity contribution in [2.75, 3.05) is 26.8 Å². The first kappa shape index (κ1) is 16.6. The minimum Gasteiger partial charge on any atom is -0.383 e. The van der Waals surface area contributed by atoms with Crippen LogP contribution in [0, 0.1) is 0 Å². The number of aromatic nitrogens is 2. The number of aryl methyl sites for hydroxylation is 1. The van der Waals surface area contributed by atoms with Gasteiger partial charge in [-0.2, -0.15) is 0 Å². The predicted molar refractivity (Wildman–Crippen MR) is 88.4 cm³/mol. The van der Waals surface area contributed by atoms with Gasteiger partial charge in [-0.1, -0.05) is 40.6 Å². The first-order valence-electron chi connectivity index (χ1n) is 6.69. The van der Waals surface area contributed by atoms with Crippen molar-refractivity contribution in [3.63, 3.8) is 0 Å². The zero-order valence-electron chi connectivity index (χ0n) is 11.7. The molecule has 1 heterocycles. The lowest BCUT2D eigenvalue weighted by molar-refractivity contribution is 0.199. The molecule has 0 unspecified atom stereocenters. The number of hydrogen-bond donors (Lipinski definition) is 1. The first-order valence-corrected chi connectivity index (χ1v) is 8.26. The van der Waals surface area contributed by atoms with Crippen molar-refractivity contribution < 1.29 is 4.74 Å². The topological polar surface area (TPSA) is 47.0 Å². The fraction of sp³-hybridized carbons (Fsp3) is 0.429. The molecule has 4 nitrogen and oxygen atoms in total. The van der Waals surface area contributed by atoms with E-state index in [1.807, 2.05) is 18.2 Å². The summed E-state index contributed by atoms with van der Waals surface area (Å²) in [6.45, 7) is 2.53. The van der Waals surface area contributed by atoms with Gasteiger partial charge in [0.05, 0.1) is 16.7 Å². The molecule has 2 aromatic rings. The molecule has 1 aromatic heterocycles. The summed E-state index contributed by atoms with van der Waals surface area (Å²) in [6, 6.07) is 5.44. The van der Waals surface area contributed by atoms with Crippen LogP contribution in [-0.4, -0.2) is 37.0 Å². The Labute approximate surface area is 138 Å². The summed E-state index contributed by atoms with van der Waals surface area (Å²) in [4.78, 5) is 0. The largest absolute Gasteiger partial charge is 0.383 e. The molecular weight excluding hydrogens is 329 g/mol. The van der Waals surface area contributed by atoms with E-state index in [2.05, 4.69) is 15.5 Å². The minimum atomic E-state index is 0.603. The average molecular weight is 346 g/mol. The van der Waals surface area contributed by atoms with Crippen LogP contribution in [0.3, 0.4) is 0 Å². The number of rotatable bonds is 8. The van der Waals surface area contributed by atoms with Gasteiger partial charge in [-0.25, -0.2) is 0 Å². The summed E-state index contributed by atoms with van der Waals surface area (Å²) in [6.07, 6.45) is 1.90. The highest BCUT2D eigenvalue weighted by molar-refractivity contribution is 7.14. The van der Waals surface area contributed by atoms with Gasteiger partial charge in [-0.3, -0.25) is 0 Å². The Balaban J connectivity index is 1.90. The quantitative estimate of drug-likeness (QED) is 0.741. The highest BCUT2D eigenvalue weighted by atomic mass is 35.5. The number of methoxy groups -OCH3 is 1. The average Bonchev–Trinajstić information content (AvgIpc) is 2.91. The van der Waals surface area contributed by atoms with Crippen LogP contribution in [0.1, 0.15) is 11.4 Å². The van der Waals surface area contributed by atoms with E-state index in [4.69, 9.17) is 27.9 Å². The molecule has 0 amide bonds. The molecule has 0 radical (unpaired) electrons. The molecule has 0 aliphatic heterocycles. The van der Waals surface area contributed by atoms with E-state index in [1.54, 1.807) is 7.11 Å². The van der Waals surface area contributed by atoms with Crippen LogP contribution < -0.4 is 5.32 Å². The van der Waals surface area contributed by atoms with Crippen LogP contribution in [0.4, 0.5) is 0 Å². The molecule has 0 saturated carbocycles. The fourth-order valence-electron chi connectivity index (χ4n) is 1.82. The van der Waals surface area contributed by atoms with Crippen LogP contribution in [0.25, 0.3) is 10.6 Å². The third-order valence-electron chi connectivity index (χ3n) is 2.87. The third kappa shape index (κ3) is 4.90. The highest BCUT2D eigenvalue weighted by Gasteiger charge is 2.13. The zero-order chi connectivity index (χ0) is 15.1. The number of halogens is 2. The van der Waals surface area contributed by atoms with E-state index in [-0.39, 0.29) is 0 Å². The summed E-state index contributed by atoms with van der Waals surface area (Å²) < 4.78 is 4.97. The molecule has 0 bridgehead atoms. The van der Waals surface area contributed by atoms with Crippen molar-refractivity contribution in [2.45, 2.75) is 12.8 Å². The maximum Gasteiger partial charge on any atom is 0.150 e. The molecule has 1 N–H and O–H groups in total. The Morgan fingerprint density at radius 1 is 1.19 bits per heavy atom. The second kappa shape index (κ2) is 8.66. The summed E-state index contributed by atoms with van der Waals surface area (Å²) in [7, 11) is 1.70. The van der Waals surface area contributed by atoms with Gasteiger partial charge < -0.3 is 10.1 Å². The molecule has 0 fully saturated rings. The number of benzene rings is 1. The monoisotopic (exact) mass is 345 g/mol. The molecule has 0 saturated heterocycles. The van der Waals surface area contributed by atoms with Crippen LogP contribution in [0.2, 0.25) is 10.0 Å². The van der Waals surface area contributed by atoms with Crippen LogP contribution in [0.15, 0.2) is 18.2 Å². The van der Waals surface area contributed by atoms with Crippen LogP contribution in [-0.2, 0) is 11.2 Å². The number of hydrogen-bond acceptors (Lipinski definition) is 5. The highest BCUT2D eigenvalue weighted by Crippen LogP contribution is 2.36. The SMILES string of the molecule is COCCNCCCc1nnc(-c2c(Cl)cccc2Cl)s1. The fourth-order valence-corrected chi connectivity index (χ4v) is 3.47. The maximum atomic E-state index is 6.18. The Morgan fingerprint density at radius 3 is 2.67 bits per heavy atom. The normalized spacial score (nSPS) is 11.0. The maximum absolute atomic E-state index is 6.18. The van der Waals surface area contributed by atoms with E-state index in [9.17, 15) is 0 Å². The lowest BCUT2D eigenvalue weighted by Crippen LogP contribution is -2.20. The Hall–Kier alpha value is -0.720. The summed E-state index contributed by atoms with van der Waals surface area (Å²) in [5.74, 6) is 0. The van der Waals surface area contributed by atoms with Gasteiger partial charge in [0.1, 0.15) is 5.01 Å². The molecule has 7 heteroatoms. The number of nitrogens with zero attached hydrogens (tertiary/aromatic N) is 2. The Morgan fingerprint density at radius 2 is 1.95 bits per heavy atom. The van der Waals surface area contributed by atoms with Gasteiger partial charge in [0.25, 0.3) is 0 Å². The predicted octanol–water partition coefficient (Wildman–Crippen LogP) is 3.68. The van der Waals surface area contributed by atoms with Gasteiger partial charge in [-0.05, 0) is 25.1 Å². The summed E-state index contributed by atoms with van der Waals surface area (Å²) in [5, 5.41) is 14.7. The number of ether oxygens (including phenoxy) is 1. The van der Waals surface area contributed by atoms with Gasteiger partial charge >= 0.3 is 0 Å². The lowest BCUT2D eigenvalue weighted by Gasteiger charge is -2.02. The van der Waals surface area contributed by atoms with Crippen LogP contribution in [0.5, 0.6) is 0 Å². The lowest BCUT2D eigenvalue weighted by atomic mass is 10.2. The second-order valence-electron chi connectivity index (χ2n) is 4.44. The Bertz CT molecular complexity index is 557. The standard InChI is InChI=1S/C14H17Cl2N3OS/c1-20-9-8-17-7-3-6-12-18-19-14(21-12)13-10(15)4-2-5-11(13)16/h2,4-5,17H,3,6-9H2,1H3. The van der Waals surface area contributed by atoms with E-state index in [1.165, 1.54) is 11.3 Å². The summed E-state index contributed by atoms with van der Waals surface area (Å²) >= 11 is 13.9. The van der Waals surface area contributed by atoms with Crippen LogP contribution >= 0.6 is 34.5 Å². The molecule has 2 rings (SSSR count). The van der Waals surface area contributed by atoms with Crippen molar-refractivity contribution in [3.8, 4) is 10.6 Å². The van der Waals surface area contributed by atoms with Gasteiger partial charge in [0.15, 0.2) is 5.01 Å². The number of nitrogens with one attached hydrogen (secondary N) is 1.